The van der Waals surface area contributed by atoms with Crippen molar-refractivity contribution in [2.75, 3.05) is 6.61 Å². The summed E-state index contributed by atoms with van der Waals surface area (Å²) in [7, 11) is 0. The van der Waals surface area contributed by atoms with Gasteiger partial charge in [0.25, 0.3) is 0 Å². The van der Waals surface area contributed by atoms with Crippen LogP contribution in [0.4, 0.5) is 0 Å². The van der Waals surface area contributed by atoms with Gasteiger partial charge in [-0.2, -0.15) is 0 Å². The van der Waals surface area contributed by atoms with Crippen molar-refractivity contribution in [3.05, 3.63) is 34.2 Å². The van der Waals surface area contributed by atoms with Gasteiger partial charge >= 0.3 is 5.97 Å². The van der Waals surface area contributed by atoms with Crippen molar-refractivity contribution in [2.24, 2.45) is 0 Å². The molecule has 15 heavy (non-hydrogen) atoms. The molecule has 0 aliphatic rings. The molecule has 1 aromatic rings. The molecule has 6 nitrogen and oxygen atoms in total. The Balaban J connectivity index is 2.98. The molecule has 0 saturated heterocycles. The highest BCUT2D eigenvalue weighted by atomic mass is 16.4. The van der Waals surface area contributed by atoms with Gasteiger partial charge in [-0.1, -0.05) is 0 Å². The second kappa shape index (κ2) is 4.72. The molecule has 0 aromatic carbocycles. The zero-order chi connectivity index (χ0) is 11.4. The van der Waals surface area contributed by atoms with Crippen molar-refractivity contribution in [1.82, 2.24) is 4.57 Å². The van der Waals surface area contributed by atoms with E-state index in [1.165, 1.54) is 10.8 Å². The third-order valence-electron chi connectivity index (χ3n) is 1.84. The second-order valence-electron chi connectivity index (χ2n) is 3.06. The summed E-state index contributed by atoms with van der Waals surface area (Å²) in [4.78, 5) is 21.7. The summed E-state index contributed by atoms with van der Waals surface area (Å²) in [6.07, 6.45) is 1.51. The highest BCUT2D eigenvalue weighted by Gasteiger charge is 2.09. The molecular formula is C9H11NO5. The van der Waals surface area contributed by atoms with Crippen LogP contribution in [0.1, 0.15) is 10.4 Å². The monoisotopic (exact) mass is 213 g/mol. The molecule has 82 valence electrons. The maximum atomic E-state index is 11.1. The lowest BCUT2D eigenvalue weighted by Gasteiger charge is -2.10. The smallest absolute Gasteiger partial charge is 0.341 e. The number of hydrogen-bond donors (Lipinski definition) is 3. The Hall–Kier alpha value is -1.66. The van der Waals surface area contributed by atoms with Crippen LogP contribution in [0.25, 0.3) is 0 Å². The van der Waals surface area contributed by atoms with Crippen LogP contribution in [0.15, 0.2) is 23.3 Å². The van der Waals surface area contributed by atoms with Crippen molar-refractivity contribution in [2.45, 2.75) is 12.6 Å². The van der Waals surface area contributed by atoms with Crippen molar-refractivity contribution < 1.29 is 20.1 Å². The number of carboxylic acid groups (broad SMARTS) is 1. The van der Waals surface area contributed by atoms with Gasteiger partial charge in [0.2, 0.25) is 0 Å². The number of aromatic carboxylic acids is 1. The second-order valence-corrected chi connectivity index (χ2v) is 3.06. The molecule has 0 spiro atoms. The molecule has 0 fully saturated rings. The SMILES string of the molecule is O=C(O)c1cn(CC(O)CO)ccc1=O. The minimum Gasteiger partial charge on any atom is -0.477 e. The van der Waals surface area contributed by atoms with E-state index in [9.17, 15) is 9.59 Å². The predicted molar refractivity (Wildman–Crippen MR) is 50.8 cm³/mol. The zero-order valence-electron chi connectivity index (χ0n) is 7.83. The van der Waals surface area contributed by atoms with Crippen molar-refractivity contribution in [3.8, 4) is 0 Å². The van der Waals surface area contributed by atoms with E-state index in [0.29, 0.717) is 0 Å². The molecule has 0 radical (unpaired) electrons. The molecule has 1 rings (SSSR count). The van der Waals surface area contributed by atoms with Crippen LogP contribution in [0.3, 0.4) is 0 Å². The topological polar surface area (TPSA) is 99.8 Å². The lowest BCUT2D eigenvalue weighted by atomic mass is 10.2. The number of nitrogens with zero attached hydrogens (tertiary/aromatic N) is 1. The third kappa shape index (κ3) is 2.90. The number of hydrogen-bond acceptors (Lipinski definition) is 4. The van der Waals surface area contributed by atoms with E-state index in [1.807, 2.05) is 0 Å². The first kappa shape index (κ1) is 11.4. The van der Waals surface area contributed by atoms with Gasteiger partial charge in [0, 0.05) is 18.5 Å². The molecule has 1 heterocycles. The van der Waals surface area contributed by atoms with Gasteiger partial charge in [0.05, 0.1) is 19.3 Å². The predicted octanol–water partition coefficient (Wildman–Crippen LogP) is -1.10. The van der Waals surface area contributed by atoms with Crippen LogP contribution < -0.4 is 5.43 Å². The molecule has 6 heteroatoms. The van der Waals surface area contributed by atoms with Crippen molar-refractivity contribution in [3.63, 3.8) is 0 Å². The Morgan fingerprint density at radius 1 is 1.53 bits per heavy atom. The van der Waals surface area contributed by atoms with Crippen LogP contribution in [-0.4, -0.2) is 38.6 Å². The van der Waals surface area contributed by atoms with E-state index < -0.39 is 24.1 Å². The van der Waals surface area contributed by atoms with E-state index >= 15 is 0 Å². The van der Waals surface area contributed by atoms with Crippen LogP contribution in [0.2, 0.25) is 0 Å². The van der Waals surface area contributed by atoms with Gasteiger partial charge in [-0.05, 0) is 0 Å². The summed E-state index contributed by atoms with van der Waals surface area (Å²) in [6.45, 7) is -0.383. The van der Waals surface area contributed by atoms with E-state index in [1.54, 1.807) is 0 Å². The Kier molecular flexibility index (Phi) is 3.59. The molecule has 0 aliphatic carbocycles. The van der Waals surface area contributed by atoms with E-state index in [4.69, 9.17) is 15.3 Å². The van der Waals surface area contributed by atoms with Crippen LogP contribution >= 0.6 is 0 Å². The first-order chi connectivity index (χ1) is 7.04. The van der Waals surface area contributed by atoms with E-state index in [2.05, 4.69) is 0 Å². The summed E-state index contributed by atoms with van der Waals surface area (Å²) in [5, 5.41) is 26.4. The lowest BCUT2D eigenvalue weighted by Crippen LogP contribution is -2.23. The van der Waals surface area contributed by atoms with Gasteiger partial charge in [0.1, 0.15) is 5.56 Å². The standard InChI is InChI=1S/C9H11NO5/c11-5-6(12)3-10-2-1-8(13)7(4-10)9(14)15/h1-2,4,6,11-12H,3,5H2,(H,14,15). The molecule has 0 aliphatic heterocycles. The number of aliphatic hydroxyl groups excluding tert-OH is 2. The van der Waals surface area contributed by atoms with Gasteiger partial charge in [-0.15, -0.1) is 0 Å². The highest BCUT2D eigenvalue weighted by Crippen LogP contribution is 1.95. The lowest BCUT2D eigenvalue weighted by molar-refractivity contribution is 0.0690. The molecule has 0 saturated carbocycles. The number of rotatable bonds is 4. The molecule has 3 N–H and O–H groups in total. The minimum atomic E-state index is -1.31. The zero-order valence-corrected chi connectivity index (χ0v) is 7.83. The molecule has 0 bridgehead atoms. The average Bonchev–Trinajstić information content (AvgIpc) is 2.20. The Morgan fingerprint density at radius 2 is 2.20 bits per heavy atom. The normalized spacial score (nSPS) is 12.4. The molecule has 1 unspecified atom stereocenters. The Bertz CT molecular complexity index is 411. The number of carboxylic acids is 1. The maximum absolute atomic E-state index is 11.1. The molecule has 1 aromatic heterocycles. The molecule has 0 amide bonds. The Labute approximate surface area is 85.0 Å². The minimum absolute atomic E-state index is 0.0387. The largest absolute Gasteiger partial charge is 0.477 e. The highest BCUT2D eigenvalue weighted by molar-refractivity contribution is 5.86. The summed E-state index contributed by atoms with van der Waals surface area (Å²) < 4.78 is 1.34. The van der Waals surface area contributed by atoms with Crippen molar-refractivity contribution >= 4 is 5.97 Å². The fourth-order valence-corrected chi connectivity index (χ4v) is 1.10. The number of carbonyl (C=O) groups is 1. The van der Waals surface area contributed by atoms with Gasteiger partial charge in [-0.3, -0.25) is 4.79 Å². The fraction of sp³-hybridized carbons (Fsp3) is 0.333. The third-order valence-corrected chi connectivity index (χ3v) is 1.84. The molecule has 1 atom stereocenters. The first-order valence-corrected chi connectivity index (χ1v) is 4.27. The van der Waals surface area contributed by atoms with Crippen LogP contribution in [0.5, 0.6) is 0 Å². The summed E-state index contributed by atoms with van der Waals surface area (Å²) >= 11 is 0. The number of aliphatic hydroxyl groups is 2. The summed E-state index contributed by atoms with van der Waals surface area (Å²) in [6, 6.07) is 1.10. The Morgan fingerprint density at radius 3 is 2.73 bits per heavy atom. The summed E-state index contributed by atoms with van der Waals surface area (Å²) in [5.74, 6) is -1.31. The summed E-state index contributed by atoms with van der Waals surface area (Å²) in [5.41, 5.74) is -0.945. The number of pyridine rings is 1. The first-order valence-electron chi connectivity index (χ1n) is 4.27. The van der Waals surface area contributed by atoms with Gasteiger partial charge in [-0.25, -0.2) is 4.79 Å². The van der Waals surface area contributed by atoms with Gasteiger partial charge < -0.3 is 19.9 Å². The molecular weight excluding hydrogens is 202 g/mol. The number of aromatic nitrogens is 1. The average molecular weight is 213 g/mol. The van der Waals surface area contributed by atoms with Crippen LogP contribution in [-0.2, 0) is 6.54 Å². The van der Waals surface area contributed by atoms with E-state index in [-0.39, 0.29) is 12.1 Å². The van der Waals surface area contributed by atoms with Crippen LogP contribution in [0, 0.1) is 0 Å². The quantitative estimate of drug-likeness (QED) is 0.589. The fourth-order valence-electron chi connectivity index (χ4n) is 1.10. The van der Waals surface area contributed by atoms with E-state index in [0.717, 1.165) is 12.3 Å². The van der Waals surface area contributed by atoms with Gasteiger partial charge in [0.15, 0.2) is 5.43 Å². The maximum Gasteiger partial charge on any atom is 0.341 e. The van der Waals surface area contributed by atoms with Crippen molar-refractivity contribution in [1.29, 1.82) is 0 Å².